The first-order chi connectivity index (χ1) is 12.9. The molecule has 2 aromatic rings. The van der Waals surface area contributed by atoms with Gasteiger partial charge in [-0.05, 0) is 31.2 Å². The van der Waals surface area contributed by atoms with Gasteiger partial charge in [-0.25, -0.2) is 4.98 Å². The summed E-state index contributed by atoms with van der Waals surface area (Å²) in [6, 6.07) is 10.5. The second-order valence-electron chi connectivity index (χ2n) is 5.78. The molecule has 9 heteroatoms. The van der Waals surface area contributed by atoms with Crippen LogP contribution in [0.1, 0.15) is 13.3 Å². The van der Waals surface area contributed by atoms with Gasteiger partial charge in [0.05, 0.1) is 22.4 Å². The van der Waals surface area contributed by atoms with Crippen molar-refractivity contribution in [3.63, 3.8) is 0 Å². The minimum atomic E-state index is -1.03. The predicted octanol–water partition coefficient (Wildman–Crippen LogP) is 3.11. The van der Waals surface area contributed by atoms with Crippen LogP contribution in [0.25, 0.3) is 0 Å². The maximum absolute atomic E-state index is 12.2. The minimum absolute atomic E-state index is 0.137. The SMILES string of the molecule is C[C@@H](OC(=O)C[C@@H]1Sc2ccccc2NC1=O)C(=O)Nc1ccc(Cl)cn1. The summed E-state index contributed by atoms with van der Waals surface area (Å²) < 4.78 is 5.15. The van der Waals surface area contributed by atoms with Gasteiger partial charge >= 0.3 is 5.97 Å². The van der Waals surface area contributed by atoms with Crippen molar-refractivity contribution < 1.29 is 19.1 Å². The van der Waals surface area contributed by atoms with E-state index in [9.17, 15) is 14.4 Å². The van der Waals surface area contributed by atoms with Crippen molar-refractivity contribution in [2.45, 2.75) is 29.6 Å². The van der Waals surface area contributed by atoms with Gasteiger partial charge in [0.2, 0.25) is 5.91 Å². The number of nitrogens with zero attached hydrogens (tertiary/aromatic N) is 1. The predicted molar refractivity (Wildman–Crippen MR) is 103 cm³/mol. The second-order valence-corrected chi connectivity index (χ2v) is 7.46. The molecule has 3 rings (SSSR count). The lowest BCUT2D eigenvalue weighted by Gasteiger charge is -2.23. The molecule has 0 saturated heterocycles. The number of pyridine rings is 1. The van der Waals surface area contributed by atoms with E-state index >= 15 is 0 Å². The number of aromatic nitrogens is 1. The molecule has 0 spiro atoms. The number of fused-ring (bicyclic) bond motifs is 1. The number of esters is 1. The number of ether oxygens (including phenoxy) is 1. The van der Waals surface area contributed by atoms with Crippen molar-refractivity contribution in [2.75, 3.05) is 10.6 Å². The first-order valence-corrected chi connectivity index (χ1v) is 9.36. The first kappa shape index (κ1) is 19.2. The molecule has 1 aliphatic heterocycles. The topological polar surface area (TPSA) is 97.4 Å². The molecule has 0 aliphatic carbocycles. The highest BCUT2D eigenvalue weighted by molar-refractivity contribution is 8.01. The zero-order chi connectivity index (χ0) is 19.4. The summed E-state index contributed by atoms with van der Waals surface area (Å²) in [5.74, 6) is -1.12. The maximum Gasteiger partial charge on any atom is 0.308 e. The second kappa shape index (κ2) is 8.41. The molecule has 0 fully saturated rings. The molecule has 140 valence electrons. The molecule has 0 bridgehead atoms. The quantitative estimate of drug-likeness (QED) is 0.742. The number of nitrogens with one attached hydrogen (secondary N) is 2. The van der Waals surface area contributed by atoms with Crippen LogP contribution >= 0.6 is 23.4 Å². The Kier molecular flexibility index (Phi) is 5.98. The Balaban J connectivity index is 1.53. The molecule has 0 unspecified atom stereocenters. The average Bonchev–Trinajstić information content (AvgIpc) is 2.64. The molecule has 1 aromatic heterocycles. The van der Waals surface area contributed by atoms with Crippen LogP contribution < -0.4 is 10.6 Å². The molecule has 7 nitrogen and oxygen atoms in total. The number of thioether (sulfide) groups is 1. The van der Waals surface area contributed by atoms with Crippen LogP contribution in [0.15, 0.2) is 47.5 Å². The van der Waals surface area contributed by atoms with E-state index in [0.29, 0.717) is 10.8 Å². The Hall–Kier alpha value is -2.58. The summed E-state index contributed by atoms with van der Waals surface area (Å²) in [4.78, 5) is 41.2. The monoisotopic (exact) mass is 405 g/mol. The van der Waals surface area contributed by atoms with Crippen molar-refractivity contribution >= 4 is 52.7 Å². The van der Waals surface area contributed by atoms with E-state index in [1.54, 1.807) is 12.1 Å². The highest BCUT2D eigenvalue weighted by Gasteiger charge is 2.30. The molecule has 2 heterocycles. The van der Waals surface area contributed by atoms with E-state index in [1.165, 1.54) is 30.9 Å². The number of hydrogen-bond donors (Lipinski definition) is 2. The first-order valence-electron chi connectivity index (χ1n) is 8.11. The van der Waals surface area contributed by atoms with Crippen LogP contribution in [-0.2, 0) is 19.1 Å². The molecular formula is C18H16ClN3O4S. The Morgan fingerprint density at radius 3 is 2.85 bits per heavy atom. The summed E-state index contributed by atoms with van der Waals surface area (Å²) in [6.07, 6.45) is 0.227. The van der Waals surface area contributed by atoms with Crippen molar-refractivity contribution in [3.8, 4) is 0 Å². The van der Waals surface area contributed by atoms with Crippen LogP contribution in [0, 0.1) is 0 Å². The molecule has 2 atom stereocenters. The molecule has 27 heavy (non-hydrogen) atoms. The van der Waals surface area contributed by atoms with Gasteiger partial charge in [-0.3, -0.25) is 14.4 Å². The Morgan fingerprint density at radius 1 is 1.33 bits per heavy atom. The normalized spacial score (nSPS) is 16.7. The molecular weight excluding hydrogens is 390 g/mol. The third-order valence-electron chi connectivity index (χ3n) is 3.71. The van der Waals surface area contributed by atoms with Crippen LogP contribution in [0.5, 0.6) is 0 Å². The van der Waals surface area contributed by atoms with Gasteiger partial charge in [0.15, 0.2) is 6.10 Å². The van der Waals surface area contributed by atoms with Gasteiger partial charge in [0, 0.05) is 11.1 Å². The summed E-state index contributed by atoms with van der Waals surface area (Å²) in [5.41, 5.74) is 0.723. The summed E-state index contributed by atoms with van der Waals surface area (Å²) in [7, 11) is 0. The molecule has 0 radical (unpaired) electrons. The Labute approximate surface area is 164 Å². The molecule has 1 aromatic carbocycles. The lowest BCUT2D eigenvalue weighted by molar-refractivity contribution is -0.153. The minimum Gasteiger partial charge on any atom is -0.452 e. The van der Waals surface area contributed by atoms with E-state index in [0.717, 1.165) is 10.6 Å². The number of carbonyl (C=O) groups is 3. The van der Waals surface area contributed by atoms with Gasteiger partial charge in [-0.2, -0.15) is 0 Å². The zero-order valence-electron chi connectivity index (χ0n) is 14.3. The third kappa shape index (κ3) is 4.99. The number of rotatable bonds is 5. The van der Waals surface area contributed by atoms with Gasteiger partial charge in [-0.1, -0.05) is 23.7 Å². The number of carbonyl (C=O) groups excluding carboxylic acids is 3. The van der Waals surface area contributed by atoms with Crippen molar-refractivity contribution in [3.05, 3.63) is 47.6 Å². The maximum atomic E-state index is 12.2. The van der Waals surface area contributed by atoms with E-state index in [1.807, 2.05) is 18.2 Å². The molecule has 2 N–H and O–H groups in total. The van der Waals surface area contributed by atoms with E-state index in [-0.39, 0.29) is 12.3 Å². The number of halogens is 1. The molecule has 1 aliphatic rings. The van der Waals surface area contributed by atoms with Crippen molar-refractivity contribution in [2.24, 2.45) is 0 Å². The van der Waals surface area contributed by atoms with Crippen LogP contribution in [-0.4, -0.2) is 34.1 Å². The number of anilines is 2. The fourth-order valence-electron chi connectivity index (χ4n) is 2.35. The van der Waals surface area contributed by atoms with E-state index in [2.05, 4.69) is 15.6 Å². The van der Waals surface area contributed by atoms with Gasteiger partial charge in [-0.15, -0.1) is 11.8 Å². The van der Waals surface area contributed by atoms with Crippen molar-refractivity contribution in [1.82, 2.24) is 4.98 Å². The zero-order valence-corrected chi connectivity index (χ0v) is 15.8. The fraction of sp³-hybridized carbons (Fsp3) is 0.222. The largest absolute Gasteiger partial charge is 0.452 e. The number of hydrogen-bond acceptors (Lipinski definition) is 6. The fourth-order valence-corrected chi connectivity index (χ4v) is 3.56. The molecule has 0 saturated carbocycles. The van der Waals surface area contributed by atoms with Crippen LogP contribution in [0.3, 0.4) is 0 Å². The highest BCUT2D eigenvalue weighted by atomic mass is 35.5. The van der Waals surface area contributed by atoms with Gasteiger partial charge in [0.25, 0.3) is 5.91 Å². The Bertz CT molecular complexity index is 875. The lowest BCUT2D eigenvalue weighted by Crippen LogP contribution is -2.34. The summed E-state index contributed by atoms with van der Waals surface area (Å²) in [6.45, 7) is 1.45. The Morgan fingerprint density at radius 2 is 2.11 bits per heavy atom. The number of para-hydroxylation sites is 1. The molecule has 2 amide bonds. The average molecular weight is 406 g/mol. The van der Waals surface area contributed by atoms with Gasteiger partial charge < -0.3 is 15.4 Å². The van der Waals surface area contributed by atoms with E-state index in [4.69, 9.17) is 16.3 Å². The third-order valence-corrected chi connectivity index (χ3v) is 5.21. The smallest absolute Gasteiger partial charge is 0.308 e. The summed E-state index contributed by atoms with van der Waals surface area (Å²) in [5, 5.41) is 5.12. The highest BCUT2D eigenvalue weighted by Crippen LogP contribution is 2.36. The number of benzene rings is 1. The van der Waals surface area contributed by atoms with E-state index < -0.39 is 23.2 Å². The lowest BCUT2D eigenvalue weighted by atomic mass is 10.2. The standard InChI is InChI=1S/C18H16ClN3O4S/c1-10(17(24)22-15-7-6-11(19)9-20-15)26-16(23)8-14-18(25)21-12-4-2-3-5-13(12)27-14/h2-7,9-10,14H,8H2,1H3,(H,21,25)(H,20,22,24)/t10-,14+/m1/s1. The van der Waals surface area contributed by atoms with Gasteiger partial charge in [0.1, 0.15) is 5.82 Å². The van der Waals surface area contributed by atoms with Crippen LogP contribution in [0.4, 0.5) is 11.5 Å². The van der Waals surface area contributed by atoms with Crippen molar-refractivity contribution in [1.29, 1.82) is 0 Å². The van der Waals surface area contributed by atoms with Crippen LogP contribution in [0.2, 0.25) is 5.02 Å². The number of amides is 2. The summed E-state index contributed by atoms with van der Waals surface area (Å²) >= 11 is 7.03.